The molecule has 5 heteroatoms. The molecule has 0 radical (unpaired) electrons. The third-order valence-corrected chi connectivity index (χ3v) is 4.27. The van der Waals surface area contributed by atoms with Crippen molar-refractivity contribution in [3.8, 4) is 0 Å². The minimum atomic E-state index is -0.0819. The predicted octanol–water partition coefficient (Wildman–Crippen LogP) is 2.85. The van der Waals surface area contributed by atoms with Crippen molar-refractivity contribution >= 4 is 17.4 Å². The fourth-order valence-corrected chi connectivity index (χ4v) is 2.76. The van der Waals surface area contributed by atoms with Gasteiger partial charge < -0.3 is 15.0 Å². The average Bonchev–Trinajstić information content (AvgIpc) is 2.46. The molecule has 0 bridgehead atoms. The zero-order valence-electron chi connectivity index (χ0n) is 12.6. The summed E-state index contributed by atoms with van der Waals surface area (Å²) in [6, 6.07) is 3.94. The summed E-state index contributed by atoms with van der Waals surface area (Å²) >= 11 is 6.21. The van der Waals surface area contributed by atoms with Gasteiger partial charge in [0, 0.05) is 26.7 Å². The van der Waals surface area contributed by atoms with Gasteiger partial charge in [-0.1, -0.05) is 18.5 Å². The zero-order chi connectivity index (χ0) is 14.6. The molecule has 1 unspecified atom stereocenters. The van der Waals surface area contributed by atoms with Gasteiger partial charge in [0.15, 0.2) is 0 Å². The number of halogens is 1. The summed E-state index contributed by atoms with van der Waals surface area (Å²) in [6.45, 7) is 7.75. The third kappa shape index (κ3) is 3.62. The van der Waals surface area contributed by atoms with E-state index in [9.17, 15) is 0 Å². The first-order valence-corrected chi connectivity index (χ1v) is 7.62. The molecule has 1 aliphatic rings. The molecule has 1 fully saturated rings. The number of pyridine rings is 1. The Morgan fingerprint density at radius 2 is 2.30 bits per heavy atom. The van der Waals surface area contributed by atoms with E-state index < -0.39 is 0 Å². The number of nitrogens with zero attached hydrogens (tertiary/aromatic N) is 2. The summed E-state index contributed by atoms with van der Waals surface area (Å²) in [5.74, 6) is 0.991. The van der Waals surface area contributed by atoms with Gasteiger partial charge in [-0.15, -0.1) is 0 Å². The van der Waals surface area contributed by atoms with E-state index >= 15 is 0 Å². The van der Waals surface area contributed by atoms with Crippen LogP contribution in [0, 0.1) is 0 Å². The van der Waals surface area contributed by atoms with Crippen LogP contribution in [-0.4, -0.2) is 37.3 Å². The van der Waals surface area contributed by atoms with Crippen LogP contribution in [0.1, 0.15) is 32.4 Å². The van der Waals surface area contributed by atoms with Crippen LogP contribution in [0.4, 0.5) is 5.82 Å². The first-order chi connectivity index (χ1) is 9.58. The van der Waals surface area contributed by atoms with Crippen molar-refractivity contribution in [1.29, 1.82) is 0 Å². The highest BCUT2D eigenvalue weighted by Gasteiger charge is 2.31. The molecule has 1 aliphatic heterocycles. The summed E-state index contributed by atoms with van der Waals surface area (Å²) in [6.07, 6.45) is 2.22. The Morgan fingerprint density at radius 1 is 1.50 bits per heavy atom. The smallest absolute Gasteiger partial charge is 0.129 e. The Labute approximate surface area is 126 Å². The Morgan fingerprint density at radius 3 is 3.00 bits per heavy atom. The highest BCUT2D eigenvalue weighted by Crippen LogP contribution is 2.28. The van der Waals surface area contributed by atoms with E-state index in [1.807, 2.05) is 12.1 Å². The van der Waals surface area contributed by atoms with Crippen LogP contribution in [0.25, 0.3) is 0 Å². The minimum absolute atomic E-state index is 0.0819. The van der Waals surface area contributed by atoms with E-state index in [0.29, 0.717) is 6.54 Å². The second kappa shape index (κ2) is 6.74. The Balaban J connectivity index is 2.15. The van der Waals surface area contributed by atoms with Crippen molar-refractivity contribution in [2.45, 2.75) is 38.8 Å². The standard InChI is InChI=1S/C15H24ClN3O/c1-4-17-10-13-12(16)6-7-14(18-13)19-9-5-8-15(2,11-19)20-3/h6-7,17H,4-5,8-11H2,1-3H3. The molecule has 112 valence electrons. The molecule has 1 N–H and O–H groups in total. The van der Waals surface area contributed by atoms with Gasteiger partial charge >= 0.3 is 0 Å². The Hall–Kier alpha value is -0.840. The van der Waals surface area contributed by atoms with Crippen LogP contribution < -0.4 is 10.2 Å². The lowest BCUT2D eigenvalue weighted by Gasteiger charge is -2.40. The third-order valence-electron chi connectivity index (χ3n) is 3.92. The summed E-state index contributed by atoms with van der Waals surface area (Å²) in [7, 11) is 1.79. The number of piperidine rings is 1. The molecule has 20 heavy (non-hydrogen) atoms. The van der Waals surface area contributed by atoms with E-state index in [1.165, 1.54) is 0 Å². The van der Waals surface area contributed by atoms with Crippen molar-refractivity contribution in [1.82, 2.24) is 10.3 Å². The lowest BCUT2D eigenvalue weighted by molar-refractivity contribution is -0.00482. The molecule has 2 heterocycles. The molecule has 0 spiro atoms. The van der Waals surface area contributed by atoms with Crippen LogP contribution in [0.5, 0.6) is 0 Å². The zero-order valence-corrected chi connectivity index (χ0v) is 13.3. The minimum Gasteiger partial charge on any atom is -0.377 e. The highest BCUT2D eigenvalue weighted by molar-refractivity contribution is 6.31. The maximum absolute atomic E-state index is 6.21. The lowest BCUT2D eigenvalue weighted by Crippen LogP contribution is -2.47. The topological polar surface area (TPSA) is 37.4 Å². The molecule has 0 aliphatic carbocycles. The molecular weight excluding hydrogens is 274 g/mol. The molecule has 1 aromatic rings. The van der Waals surface area contributed by atoms with Crippen LogP contribution in [0.3, 0.4) is 0 Å². The Bertz CT molecular complexity index is 455. The fourth-order valence-electron chi connectivity index (χ4n) is 2.58. The number of nitrogens with one attached hydrogen (secondary N) is 1. The SMILES string of the molecule is CCNCc1nc(N2CCCC(C)(OC)C2)ccc1Cl. The van der Waals surface area contributed by atoms with Crippen LogP contribution in [0.15, 0.2) is 12.1 Å². The van der Waals surface area contributed by atoms with E-state index in [1.54, 1.807) is 7.11 Å². The second-order valence-electron chi connectivity index (χ2n) is 5.56. The number of ether oxygens (including phenoxy) is 1. The summed E-state index contributed by atoms with van der Waals surface area (Å²) in [5, 5.41) is 4.00. The summed E-state index contributed by atoms with van der Waals surface area (Å²) in [5.41, 5.74) is 0.831. The van der Waals surface area contributed by atoms with Gasteiger partial charge in [0.1, 0.15) is 5.82 Å². The molecule has 4 nitrogen and oxygen atoms in total. The van der Waals surface area contributed by atoms with E-state index in [0.717, 1.165) is 49.0 Å². The first-order valence-electron chi connectivity index (χ1n) is 7.24. The van der Waals surface area contributed by atoms with Crippen LogP contribution >= 0.6 is 11.6 Å². The Kier molecular flexibility index (Phi) is 5.24. The van der Waals surface area contributed by atoms with Gasteiger partial charge in [-0.3, -0.25) is 0 Å². The lowest BCUT2D eigenvalue weighted by atomic mass is 9.95. The normalized spacial score (nSPS) is 23.1. The fraction of sp³-hybridized carbons (Fsp3) is 0.667. The maximum Gasteiger partial charge on any atom is 0.129 e. The molecule has 0 saturated carbocycles. The molecule has 1 aromatic heterocycles. The van der Waals surface area contributed by atoms with Gasteiger partial charge in [0.05, 0.1) is 16.3 Å². The number of rotatable bonds is 5. The average molecular weight is 298 g/mol. The van der Waals surface area contributed by atoms with Gasteiger partial charge in [0.2, 0.25) is 0 Å². The molecule has 1 saturated heterocycles. The van der Waals surface area contributed by atoms with E-state index in [-0.39, 0.29) is 5.60 Å². The van der Waals surface area contributed by atoms with Gasteiger partial charge in [0.25, 0.3) is 0 Å². The second-order valence-corrected chi connectivity index (χ2v) is 5.96. The van der Waals surface area contributed by atoms with Crippen molar-refractivity contribution in [2.75, 3.05) is 31.6 Å². The van der Waals surface area contributed by atoms with Crippen molar-refractivity contribution in [3.63, 3.8) is 0 Å². The molecule has 1 atom stereocenters. The predicted molar refractivity (Wildman–Crippen MR) is 83.5 cm³/mol. The van der Waals surface area contributed by atoms with Crippen LogP contribution in [0.2, 0.25) is 5.02 Å². The number of aromatic nitrogens is 1. The van der Waals surface area contributed by atoms with E-state index in [4.69, 9.17) is 21.3 Å². The van der Waals surface area contributed by atoms with Crippen molar-refractivity contribution < 1.29 is 4.74 Å². The summed E-state index contributed by atoms with van der Waals surface area (Å²) in [4.78, 5) is 7.00. The maximum atomic E-state index is 6.21. The van der Waals surface area contributed by atoms with Gasteiger partial charge in [-0.25, -0.2) is 4.98 Å². The van der Waals surface area contributed by atoms with Gasteiger partial charge in [-0.2, -0.15) is 0 Å². The monoisotopic (exact) mass is 297 g/mol. The summed E-state index contributed by atoms with van der Waals surface area (Å²) < 4.78 is 5.64. The first kappa shape index (κ1) is 15.5. The molecule has 2 rings (SSSR count). The van der Waals surface area contributed by atoms with Crippen molar-refractivity contribution in [2.24, 2.45) is 0 Å². The largest absolute Gasteiger partial charge is 0.377 e. The van der Waals surface area contributed by atoms with E-state index in [2.05, 4.69) is 24.1 Å². The van der Waals surface area contributed by atoms with Gasteiger partial charge in [-0.05, 0) is 38.4 Å². The molecule has 0 aromatic carbocycles. The number of hydrogen-bond acceptors (Lipinski definition) is 4. The highest BCUT2D eigenvalue weighted by atomic mass is 35.5. The molecule has 0 amide bonds. The van der Waals surface area contributed by atoms with Crippen LogP contribution in [-0.2, 0) is 11.3 Å². The number of methoxy groups -OCH3 is 1. The molecular formula is C15H24ClN3O. The quantitative estimate of drug-likeness (QED) is 0.907. The van der Waals surface area contributed by atoms with Crippen molar-refractivity contribution in [3.05, 3.63) is 22.8 Å². The number of anilines is 1. The number of hydrogen-bond donors (Lipinski definition) is 1.